The third-order valence-corrected chi connectivity index (χ3v) is 7.67. The van der Waals surface area contributed by atoms with Crippen molar-refractivity contribution >= 4 is 15.9 Å². The SMILES string of the molecule is Cc1ccc(S(=O)(=O)N2CC3(C2)OCC[C@H]3CCNC(=O)c2ccncc2)cc1. The molecule has 0 radical (unpaired) electrons. The Kier molecular flexibility index (Phi) is 5.42. The molecular weight excluding hydrogens is 390 g/mol. The van der Waals surface area contributed by atoms with Crippen LogP contribution in [-0.4, -0.2) is 55.5 Å². The van der Waals surface area contributed by atoms with E-state index in [0.717, 1.165) is 18.4 Å². The first-order chi connectivity index (χ1) is 13.9. The van der Waals surface area contributed by atoms with Gasteiger partial charge in [0.15, 0.2) is 0 Å². The van der Waals surface area contributed by atoms with Gasteiger partial charge in [0, 0.05) is 44.2 Å². The second-order valence-corrected chi connectivity index (χ2v) is 9.70. The summed E-state index contributed by atoms with van der Waals surface area (Å²) < 4.78 is 33.2. The van der Waals surface area contributed by atoms with Crippen LogP contribution in [0, 0.1) is 12.8 Å². The van der Waals surface area contributed by atoms with Crippen molar-refractivity contribution < 1.29 is 17.9 Å². The summed E-state index contributed by atoms with van der Waals surface area (Å²) in [5.74, 6) is 0.0993. The molecule has 1 atom stereocenters. The average Bonchev–Trinajstić information content (AvgIpc) is 3.12. The number of hydrogen-bond donors (Lipinski definition) is 1. The van der Waals surface area contributed by atoms with Crippen molar-refractivity contribution in [1.82, 2.24) is 14.6 Å². The van der Waals surface area contributed by atoms with E-state index in [1.807, 2.05) is 19.1 Å². The zero-order chi connectivity index (χ0) is 20.5. The highest BCUT2D eigenvalue weighted by Gasteiger charge is 2.56. The zero-order valence-corrected chi connectivity index (χ0v) is 17.2. The third-order valence-electron chi connectivity index (χ3n) is 5.87. The molecule has 1 spiro atoms. The molecule has 7 nitrogen and oxygen atoms in total. The molecule has 2 saturated heterocycles. The number of aryl methyl sites for hydroxylation is 1. The number of carbonyl (C=O) groups is 1. The van der Waals surface area contributed by atoms with Gasteiger partial charge < -0.3 is 10.1 Å². The monoisotopic (exact) mass is 415 g/mol. The number of carbonyl (C=O) groups excluding carboxylic acids is 1. The minimum absolute atomic E-state index is 0.127. The second-order valence-electron chi connectivity index (χ2n) is 7.77. The first-order valence-electron chi connectivity index (χ1n) is 9.80. The molecule has 154 valence electrons. The lowest BCUT2D eigenvalue weighted by Gasteiger charge is -2.49. The van der Waals surface area contributed by atoms with E-state index in [2.05, 4.69) is 10.3 Å². The molecule has 0 aliphatic carbocycles. The van der Waals surface area contributed by atoms with Gasteiger partial charge >= 0.3 is 0 Å². The molecule has 2 aliphatic heterocycles. The van der Waals surface area contributed by atoms with E-state index in [1.54, 1.807) is 36.7 Å². The van der Waals surface area contributed by atoms with E-state index in [0.29, 0.717) is 36.7 Å². The summed E-state index contributed by atoms with van der Waals surface area (Å²) in [7, 11) is -3.50. The number of ether oxygens (including phenoxy) is 1. The smallest absolute Gasteiger partial charge is 0.251 e. The predicted octanol–water partition coefficient (Wildman–Crippen LogP) is 1.99. The van der Waals surface area contributed by atoms with Crippen molar-refractivity contribution in [2.45, 2.75) is 30.3 Å². The lowest BCUT2D eigenvalue weighted by Crippen LogP contribution is -2.66. The number of nitrogens with one attached hydrogen (secondary N) is 1. The largest absolute Gasteiger partial charge is 0.372 e. The first kappa shape index (κ1) is 20.0. The van der Waals surface area contributed by atoms with Gasteiger partial charge in [0.25, 0.3) is 5.91 Å². The Labute approximate surface area is 171 Å². The quantitative estimate of drug-likeness (QED) is 0.780. The highest BCUT2D eigenvalue weighted by molar-refractivity contribution is 7.89. The molecule has 1 aromatic heterocycles. The van der Waals surface area contributed by atoms with Crippen LogP contribution in [0.25, 0.3) is 0 Å². The number of rotatable bonds is 6. The lowest BCUT2D eigenvalue weighted by atomic mass is 9.80. The second kappa shape index (κ2) is 7.85. The molecular formula is C21H25N3O4S. The van der Waals surface area contributed by atoms with Crippen molar-refractivity contribution in [2.24, 2.45) is 5.92 Å². The van der Waals surface area contributed by atoms with Crippen molar-refractivity contribution in [3.05, 3.63) is 59.9 Å². The fourth-order valence-corrected chi connectivity index (χ4v) is 5.64. The highest BCUT2D eigenvalue weighted by atomic mass is 32.2. The summed E-state index contributed by atoms with van der Waals surface area (Å²) >= 11 is 0. The number of nitrogens with zero attached hydrogens (tertiary/aromatic N) is 2. The number of benzene rings is 1. The van der Waals surface area contributed by atoms with Crippen LogP contribution >= 0.6 is 0 Å². The van der Waals surface area contributed by atoms with E-state index in [1.165, 1.54) is 4.31 Å². The van der Waals surface area contributed by atoms with Crippen molar-refractivity contribution in [2.75, 3.05) is 26.2 Å². The molecule has 0 saturated carbocycles. The third kappa shape index (κ3) is 3.92. The number of sulfonamides is 1. The van der Waals surface area contributed by atoms with Crippen LogP contribution in [0.15, 0.2) is 53.7 Å². The van der Waals surface area contributed by atoms with Crippen LogP contribution in [0.1, 0.15) is 28.8 Å². The minimum atomic E-state index is -3.50. The van der Waals surface area contributed by atoms with E-state index < -0.39 is 15.6 Å². The molecule has 1 N–H and O–H groups in total. The molecule has 29 heavy (non-hydrogen) atoms. The van der Waals surface area contributed by atoms with Crippen LogP contribution in [0.5, 0.6) is 0 Å². The summed E-state index contributed by atoms with van der Waals surface area (Å²) in [6, 6.07) is 10.3. The maximum atomic E-state index is 12.8. The summed E-state index contributed by atoms with van der Waals surface area (Å²) in [4.78, 5) is 16.4. The minimum Gasteiger partial charge on any atom is -0.372 e. The van der Waals surface area contributed by atoms with E-state index in [-0.39, 0.29) is 11.8 Å². The van der Waals surface area contributed by atoms with E-state index >= 15 is 0 Å². The molecule has 0 unspecified atom stereocenters. The zero-order valence-electron chi connectivity index (χ0n) is 16.4. The summed E-state index contributed by atoms with van der Waals surface area (Å²) in [5.41, 5.74) is 1.17. The van der Waals surface area contributed by atoms with Crippen LogP contribution in [0.3, 0.4) is 0 Å². The number of aromatic nitrogens is 1. The maximum absolute atomic E-state index is 12.8. The standard InChI is InChI=1S/C21H25N3O4S/c1-16-2-4-19(5-3-16)29(26,27)24-14-21(15-24)18(9-13-28-21)8-12-23-20(25)17-6-10-22-11-7-17/h2-7,10-11,18H,8-9,12-15H2,1H3,(H,23,25)/t18-/m1/s1. The van der Waals surface area contributed by atoms with Gasteiger partial charge in [0.2, 0.25) is 10.0 Å². The molecule has 0 bridgehead atoms. The highest BCUT2D eigenvalue weighted by Crippen LogP contribution is 2.43. The Morgan fingerprint density at radius 2 is 1.90 bits per heavy atom. The van der Waals surface area contributed by atoms with Gasteiger partial charge in [0.1, 0.15) is 0 Å². The molecule has 1 amide bonds. The maximum Gasteiger partial charge on any atom is 0.251 e. The summed E-state index contributed by atoms with van der Waals surface area (Å²) in [6.45, 7) is 3.82. The van der Waals surface area contributed by atoms with Gasteiger partial charge in [-0.05, 0) is 49.9 Å². The Bertz CT molecular complexity index is 971. The molecule has 2 aliphatic rings. The fourth-order valence-electron chi connectivity index (χ4n) is 4.09. The number of pyridine rings is 1. The van der Waals surface area contributed by atoms with Crippen LogP contribution in [-0.2, 0) is 14.8 Å². The number of amides is 1. The Hall–Kier alpha value is -2.29. The van der Waals surface area contributed by atoms with Crippen molar-refractivity contribution in [1.29, 1.82) is 0 Å². The van der Waals surface area contributed by atoms with Gasteiger partial charge in [-0.3, -0.25) is 9.78 Å². The Morgan fingerprint density at radius 3 is 2.59 bits per heavy atom. The topological polar surface area (TPSA) is 88.6 Å². The Balaban J connectivity index is 1.33. The molecule has 3 heterocycles. The number of hydrogen-bond acceptors (Lipinski definition) is 5. The lowest BCUT2D eigenvalue weighted by molar-refractivity contribution is -0.102. The molecule has 1 aromatic carbocycles. The first-order valence-corrected chi connectivity index (χ1v) is 11.2. The average molecular weight is 416 g/mol. The van der Waals surface area contributed by atoms with E-state index in [4.69, 9.17) is 4.74 Å². The molecule has 2 fully saturated rings. The van der Waals surface area contributed by atoms with Crippen molar-refractivity contribution in [3.63, 3.8) is 0 Å². The molecule has 2 aromatic rings. The predicted molar refractivity (Wildman–Crippen MR) is 108 cm³/mol. The van der Waals surface area contributed by atoms with Gasteiger partial charge in [-0.15, -0.1) is 0 Å². The van der Waals surface area contributed by atoms with Crippen LogP contribution in [0.2, 0.25) is 0 Å². The van der Waals surface area contributed by atoms with Gasteiger partial charge in [0.05, 0.1) is 10.5 Å². The van der Waals surface area contributed by atoms with Gasteiger partial charge in [-0.2, -0.15) is 4.31 Å². The van der Waals surface area contributed by atoms with Gasteiger partial charge in [-0.1, -0.05) is 17.7 Å². The Morgan fingerprint density at radius 1 is 1.21 bits per heavy atom. The van der Waals surface area contributed by atoms with Crippen LogP contribution < -0.4 is 5.32 Å². The van der Waals surface area contributed by atoms with E-state index in [9.17, 15) is 13.2 Å². The van der Waals surface area contributed by atoms with Crippen molar-refractivity contribution in [3.8, 4) is 0 Å². The normalized spacial score (nSPS) is 21.1. The molecule has 8 heteroatoms. The van der Waals surface area contributed by atoms with Crippen LogP contribution in [0.4, 0.5) is 0 Å². The van der Waals surface area contributed by atoms with Gasteiger partial charge in [-0.25, -0.2) is 8.42 Å². The fraction of sp³-hybridized carbons (Fsp3) is 0.429. The molecule has 4 rings (SSSR count). The summed E-state index contributed by atoms with van der Waals surface area (Å²) in [6.07, 6.45) is 4.82. The summed E-state index contributed by atoms with van der Waals surface area (Å²) in [5, 5.41) is 2.93.